The highest BCUT2D eigenvalue weighted by Crippen LogP contribution is 2.39. The second-order valence-corrected chi connectivity index (χ2v) is 4.11. The van der Waals surface area contributed by atoms with Crippen molar-refractivity contribution < 1.29 is 26.3 Å². The zero-order valence-corrected chi connectivity index (χ0v) is 10.3. The van der Waals surface area contributed by atoms with Crippen molar-refractivity contribution in [2.24, 2.45) is 0 Å². The van der Waals surface area contributed by atoms with Crippen LogP contribution in [0.15, 0.2) is 0 Å². The number of nitrogens with zero attached hydrogens (tertiary/aromatic N) is 4. The summed E-state index contributed by atoms with van der Waals surface area (Å²) in [6, 6.07) is 0. The van der Waals surface area contributed by atoms with E-state index in [0.29, 0.717) is 0 Å². The monoisotopic (exact) mass is 336 g/mol. The van der Waals surface area contributed by atoms with Gasteiger partial charge in [-0.05, 0) is 0 Å². The van der Waals surface area contributed by atoms with Crippen LogP contribution in [0.5, 0.6) is 0 Å². The maximum absolute atomic E-state index is 12.6. The highest BCUT2D eigenvalue weighted by atomic mass is 35.5. The van der Waals surface area contributed by atoms with Crippen LogP contribution in [0.3, 0.4) is 0 Å². The van der Waals surface area contributed by atoms with E-state index < -0.39 is 45.1 Å². The van der Waals surface area contributed by atoms with Gasteiger partial charge in [-0.1, -0.05) is 23.2 Å². The average molecular weight is 337 g/mol. The highest BCUT2D eigenvalue weighted by Gasteiger charge is 2.47. The molecule has 108 valence electrons. The van der Waals surface area contributed by atoms with Gasteiger partial charge in [-0.15, -0.1) is 10.2 Å². The quantitative estimate of drug-likeness (QED) is 0.687. The Morgan fingerprint density at radius 3 is 1.20 bits per heavy atom. The Labute approximate surface area is 115 Å². The third kappa shape index (κ3) is 2.57. The van der Waals surface area contributed by atoms with Crippen LogP contribution in [0, 0.1) is 0 Å². The third-order valence-corrected chi connectivity index (χ3v) is 2.56. The van der Waals surface area contributed by atoms with Crippen molar-refractivity contribution in [3.8, 4) is 0 Å². The van der Waals surface area contributed by atoms with Crippen molar-refractivity contribution in [3.63, 3.8) is 0 Å². The summed E-state index contributed by atoms with van der Waals surface area (Å²) in [6.07, 6.45) is -10.7. The predicted octanol–water partition coefficient (Wildman–Crippen LogP) is 3.76. The molecule has 2 aromatic heterocycles. The molecule has 2 heterocycles. The van der Waals surface area contributed by atoms with Gasteiger partial charge in [0.15, 0.2) is 21.7 Å². The normalized spacial score (nSPS) is 13.0. The van der Waals surface area contributed by atoms with Crippen molar-refractivity contribution >= 4 is 34.2 Å². The van der Waals surface area contributed by atoms with E-state index in [4.69, 9.17) is 23.2 Å². The van der Waals surface area contributed by atoms with Gasteiger partial charge in [0.2, 0.25) is 0 Å². The van der Waals surface area contributed by atoms with E-state index in [0.717, 1.165) is 0 Å². The molecule has 0 N–H and O–H groups in total. The Kier molecular flexibility index (Phi) is 3.41. The summed E-state index contributed by atoms with van der Waals surface area (Å²) in [5.74, 6) is 0. The molecule has 20 heavy (non-hydrogen) atoms. The first-order valence-electron chi connectivity index (χ1n) is 4.55. The molecule has 12 heteroatoms. The van der Waals surface area contributed by atoms with E-state index in [1.165, 1.54) is 0 Å². The minimum atomic E-state index is -5.37. The van der Waals surface area contributed by atoms with Gasteiger partial charge in [-0.2, -0.15) is 26.3 Å². The fourth-order valence-electron chi connectivity index (χ4n) is 1.30. The first kappa shape index (κ1) is 15.0. The van der Waals surface area contributed by atoms with Gasteiger partial charge < -0.3 is 0 Å². The Hall–Kier alpha value is -1.42. The summed E-state index contributed by atoms with van der Waals surface area (Å²) in [4.78, 5) is 5.69. The van der Waals surface area contributed by atoms with Crippen LogP contribution in [-0.4, -0.2) is 20.2 Å². The smallest absolute Gasteiger partial charge is 0.236 e. The molecule has 0 aliphatic rings. The Balaban J connectivity index is 2.93. The van der Waals surface area contributed by atoms with Crippen molar-refractivity contribution in [1.82, 2.24) is 20.2 Å². The number of fused-ring (bicyclic) bond motifs is 1. The topological polar surface area (TPSA) is 51.6 Å². The highest BCUT2D eigenvalue weighted by molar-refractivity contribution is 6.37. The summed E-state index contributed by atoms with van der Waals surface area (Å²) < 4.78 is 75.7. The zero-order chi connectivity index (χ0) is 15.3. The van der Waals surface area contributed by atoms with Gasteiger partial charge in [0.25, 0.3) is 0 Å². The van der Waals surface area contributed by atoms with Gasteiger partial charge in [0.1, 0.15) is 11.0 Å². The molecule has 0 atom stereocenters. The average Bonchev–Trinajstić information content (AvgIpc) is 2.30. The number of hydrogen-bond acceptors (Lipinski definition) is 4. The number of rotatable bonds is 0. The van der Waals surface area contributed by atoms with Gasteiger partial charge >= 0.3 is 12.4 Å². The third-order valence-electron chi connectivity index (χ3n) is 2.05. The summed E-state index contributed by atoms with van der Waals surface area (Å²) in [6.45, 7) is 0. The largest absolute Gasteiger partial charge is 0.435 e. The molecule has 0 aromatic carbocycles. The summed E-state index contributed by atoms with van der Waals surface area (Å²) in [5.41, 5.74) is -5.87. The second kappa shape index (κ2) is 4.55. The Bertz CT molecular complexity index is 625. The number of alkyl halides is 6. The van der Waals surface area contributed by atoms with Crippen LogP contribution in [0.4, 0.5) is 26.3 Å². The van der Waals surface area contributed by atoms with Crippen LogP contribution >= 0.6 is 23.2 Å². The van der Waals surface area contributed by atoms with Gasteiger partial charge in [0, 0.05) is 0 Å². The molecular weight excluding hydrogens is 337 g/mol. The maximum Gasteiger partial charge on any atom is 0.435 e. The van der Waals surface area contributed by atoms with Crippen LogP contribution in [-0.2, 0) is 12.4 Å². The molecule has 0 amide bonds. The van der Waals surface area contributed by atoms with Gasteiger partial charge in [-0.25, -0.2) is 9.97 Å². The molecule has 0 radical (unpaired) electrons. The van der Waals surface area contributed by atoms with Crippen LogP contribution < -0.4 is 0 Å². The fraction of sp³-hybridized carbons (Fsp3) is 0.250. The first-order chi connectivity index (χ1) is 9.01. The van der Waals surface area contributed by atoms with Gasteiger partial charge in [0.05, 0.1) is 0 Å². The van der Waals surface area contributed by atoms with E-state index in [1.807, 2.05) is 0 Å². The predicted molar refractivity (Wildman–Crippen MR) is 55.2 cm³/mol. The van der Waals surface area contributed by atoms with E-state index in [1.54, 1.807) is 0 Å². The molecular formula is C8Cl2F6N4. The van der Waals surface area contributed by atoms with Crippen molar-refractivity contribution in [2.75, 3.05) is 0 Å². The van der Waals surface area contributed by atoms with Crippen LogP contribution in [0.25, 0.3) is 11.0 Å². The lowest BCUT2D eigenvalue weighted by atomic mass is 10.2. The van der Waals surface area contributed by atoms with Crippen LogP contribution in [0.2, 0.25) is 10.3 Å². The molecule has 2 aromatic rings. The molecule has 0 spiro atoms. The molecule has 0 saturated heterocycles. The Morgan fingerprint density at radius 2 is 0.950 bits per heavy atom. The van der Waals surface area contributed by atoms with Crippen molar-refractivity contribution in [3.05, 3.63) is 21.7 Å². The molecule has 0 aliphatic heterocycles. The van der Waals surface area contributed by atoms with E-state index in [2.05, 4.69) is 20.2 Å². The summed E-state index contributed by atoms with van der Waals surface area (Å²) >= 11 is 10.9. The summed E-state index contributed by atoms with van der Waals surface area (Å²) in [5, 5.41) is 5.02. The minimum absolute atomic E-state index is 0.642. The standard InChI is InChI=1S/C8Cl2F6N4/c9-5-1-2(6(10)20-19-5)18-4(8(14,15)16)3(17-1)7(11,12)13. The number of aromatic nitrogens is 4. The Morgan fingerprint density at radius 1 is 0.650 bits per heavy atom. The second-order valence-electron chi connectivity index (χ2n) is 3.40. The van der Waals surface area contributed by atoms with Gasteiger partial charge in [-0.3, -0.25) is 0 Å². The zero-order valence-electron chi connectivity index (χ0n) is 8.81. The molecule has 0 aliphatic carbocycles. The van der Waals surface area contributed by atoms with Crippen molar-refractivity contribution in [1.29, 1.82) is 0 Å². The molecule has 4 nitrogen and oxygen atoms in total. The van der Waals surface area contributed by atoms with E-state index >= 15 is 0 Å². The molecule has 0 saturated carbocycles. The maximum atomic E-state index is 12.6. The fourth-order valence-corrected chi connectivity index (χ4v) is 1.64. The van der Waals surface area contributed by atoms with Crippen LogP contribution in [0.1, 0.15) is 11.4 Å². The van der Waals surface area contributed by atoms with E-state index in [9.17, 15) is 26.3 Å². The lowest BCUT2D eigenvalue weighted by molar-refractivity contribution is -0.167. The molecule has 0 unspecified atom stereocenters. The summed E-state index contributed by atoms with van der Waals surface area (Å²) in [7, 11) is 0. The lowest BCUT2D eigenvalue weighted by Crippen LogP contribution is -2.21. The van der Waals surface area contributed by atoms with E-state index in [-0.39, 0.29) is 0 Å². The first-order valence-corrected chi connectivity index (χ1v) is 5.31. The minimum Gasteiger partial charge on any atom is -0.236 e. The SMILES string of the molecule is FC(F)(F)c1nc2c(Cl)nnc(Cl)c2nc1C(F)(F)F. The molecule has 0 fully saturated rings. The van der Waals surface area contributed by atoms with Crippen molar-refractivity contribution in [2.45, 2.75) is 12.4 Å². The molecule has 2 rings (SSSR count). The number of hydrogen-bond donors (Lipinski definition) is 0. The lowest BCUT2D eigenvalue weighted by Gasteiger charge is -2.14. The number of halogens is 8. The molecule has 0 bridgehead atoms.